The number of hydrogen-bond donors (Lipinski definition) is 1. The third-order valence-corrected chi connectivity index (χ3v) is 6.35. The van der Waals surface area contributed by atoms with Gasteiger partial charge in [-0.1, -0.05) is 41.3 Å². The molecule has 4 rings (SSSR count). The van der Waals surface area contributed by atoms with Gasteiger partial charge < -0.3 is 10.1 Å². The fraction of sp³-hybridized carbons (Fsp3) is 0.368. The van der Waals surface area contributed by atoms with Crippen LogP contribution in [0.25, 0.3) is 10.9 Å². The van der Waals surface area contributed by atoms with Crippen molar-refractivity contribution in [1.82, 2.24) is 15.2 Å². The number of carbonyl (C=O) groups is 1. The number of hydrogen-bond acceptors (Lipinski definition) is 8. The average Bonchev–Trinajstić information content (AvgIpc) is 3.36. The van der Waals surface area contributed by atoms with E-state index in [9.17, 15) is 4.79 Å². The Labute approximate surface area is 165 Å². The van der Waals surface area contributed by atoms with Crippen molar-refractivity contribution in [3.05, 3.63) is 41.1 Å². The van der Waals surface area contributed by atoms with Crippen LogP contribution in [-0.4, -0.2) is 33.8 Å². The van der Waals surface area contributed by atoms with E-state index < -0.39 is 0 Å². The SMILES string of the molecule is CCOC(=O)c1c(CSc2nnc(NC3CC3)s2)nc2ccccc2c1C. The lowest BCUT2D eigenvalue weighted by molar-refractivity contribution is 0.0524. The third-order valence-electron chi connectivity index (χ3n) is 4.35. The van der Waals surface area contributed by atoms with Crippen molar-refractivity contribution in [3.8, 4) is 0 Å². The number of benzene rings is 1. The first-order chi connectivity index (χ1) is 13.2. The molecule has 140 valence electrons. The van der Waals surface area contributed by atoms with Gasteiger partial charge in [0.05, 0.1) is 23.4 Å². The Kier molecular flexibility index (Phi) is 5.27. The highest BCUT2D eigenvalue weighted by Crippen LogP contribution is 2.33. The molecule has 8 heteroatoms. The van der Waals surface area contributed by atoms with E-state index in [0.717, 1.165) is 31.6 Å². The Balaban J connectivity index is 1.61. The van der Waals surface area contributed by atoms with Crippen LogP contribution in [0, 0.1) is 6.92 Å². The summed E-state index contributed by atoms with van der Waals surface area (Å²) in [6.45, 7) is 4.10. The van der Waals surface area contributed by atoms with Crippen LogP contribution < -0.4 is 5.32 Å². The standard InChI is InChI=1S/C19H20N4O2S2/c1-3-25-17(24)16-11(2)13-6-4-5-7-14(13)21-15(16)10-26-19-23-22-18(27-19)20-12-8-9-12/h4-7,12H,3,8-10H2,1-2H3,(H,20,22). The van der Waals surface area contributed by atoms with Gasteiger partial charge in [-0.2, -0.15) is 0 Å². The molecule has 0 aliphatic heterocycles. The number of pyridine rings is 1. The van der Waals surface area contributed by atoms with Crippen molar-refractivity contribution >= 4 is 45.1 Å². The first kappa shape index (κ1) is 18.2. The number of ether oxygens (including phenoxy) is 1. The molecule has 1 aliphatic rings. The molecule has 0 radical (unpaired) electrons. The van der Waals surface area contributed by atoms with Crippen molar-refractivity contribution in [2.24, 2.45) is 0 Å². The summed E-state index contributed by atoms with van der Waals surface area (Å²) in [4.78, 5) is 17.3. The minimum absolute atomic E-state index is 0.322. The Morgan fingerprint density at radius 3 is 2.93 bits per heavy atom. The number of aromatic nitrogens is 3. The molecule has 1 aromatic carbocycles. The van der Waals surface area contributed by atoms with Crippen LogP contribution in [0.5, 0.6) is 0 Å². The van der Waals surface area contributed by atoms with Crippen LogP contribution in [0.2, 0.25) is 0 Å². The van der Waals surface area contributed by atoms with Crippen molar-refractivity contribution in [3.63, 3.8) is 0 Å². The molecule has 2 aromatic heterocycles. The van der Waals surface area contributed by atoms with Gasteiger partial charge in [0.15, 0.2) is 4.34 Å². The van der Waals surface area contributed by atoms with Crippen LogP contribution in [-0.2, 0) is 10.5 Å². The van der Waals surface area contributed by atoms with E-state index in [4.69, 9.17) is 9.72 Å². The van der Waals surface area contributed by atoms with Crippen LogP contribution in [0.1, 0.15) is 41.4 Å². The number of thioether (sulfide) groups is 1. The lowest BCUT2D eigenvalue weighted by Gasteiger charge is -2.13. The van der Waals surface area contributed by atoms with Gasteiger partial charge in [0, 0.05) is 17.2 Å². The second-order valence-corrected chi connectivity index (χ2v) is 8.58. The summed E-state index contributed by atoms with van der Waals surface area (Å²) in [5.74, 6) is 0.218. The summed E-state index contributed by atoms with van der Waals surface area (Å²) in [6.07, 6.45) is 2.40. The number of para-hydroxylation sites is 1. The van der Waals surface area contributed by atoms with Gasteiger partial charge in [0.1, 0.15) is 0 Å². The van der Waals surface area contributed by atoms with Gasteiger partial charge in [0.2, 0.25) is 5.13 Å². The summed E-state index contributed by atoms with van der Waals surface area (Å²) in [5, 5.41) is 13.6. The topological polar surface area (TPSA) is 77.0 Å². The zero-order valence-corrected chi connectivity index (χ0v) is 16.8. The van der Waals surface area contributed by atoms with Gasteiger partial charge >= 0.3 is 5.97 Å². The largest absolute Gasteiger partial charge is 0.462 e. The highest BCUT2D eigenvalue weighted by atomic mass is 32.2. The smallest absolute Gasteiger partial charge is 0.340 e. The maximum atomic E-state index is 12.6. The molecule has 3 aromatic rings. The molecule has 1 aliphatic carbocycles. The van der Waals surface area contributed by atoms with Crippen LogP contribution >= 0.6 is 23.1 Å². The van der Waals surface area contributed by atoms with E-state index in [2.05, 4.69) is 15.5 Å². The lowest BCUT2D eigenvalue weighted by atomic mass is 10.0. The maximum Gasteiger partial charge on any atom is 0.340 e. The Morgan fingerprint density at radius 1 is 1.33 bits per heavy atom. The van der Waals surface area contributed by atoms with Gasteiger partial charge in [-0.05, 0) is 38.3 Å². The van der Waals surface area contributed by atoms with Crippen molar-refractivity contribution in [2.75, 3.05) is 11.9 Å². The summed E-state index contributed by atoms with van der Waals surface area (Å²) in [7, 11) is 0. The minimum atomic E-state index is -0.322. The minimum Gasteiger partial charge on any atom is -0.462 e. The molecule has 0 amide bonds. The quantitative estimate of drug-likeness (QED) is 0.464. The van der Waals surface area contributed by atoms with E-state index in [1.54, 1.807) is 11.8 Å². The highest BCUT2D eigenvalue weighted by molar-refractivity contribution is 8.00. The molecule has 0 saturated heterocycles. The van der Waals surface area contributed by atoms with Gasteiger partial charge in [-0.25, -0.2) is 4.79 Å². The summed E-state index contributed by atoms with van der Waals surface area (Å²) in [6, 6.07) is 8.41. The fourth-order valence-electron chi connectivity index (χ4n) is 2.88. The number of aryl methyl sites for hydroxylation is 1. The number of nitrogens with one attached hydrogen (secondary N) is 1. The fourth-order valence-corrected chi connectivity index (χ4v) is 4.65. The number of nitrogens with zero attached hydrogens (tertiary/aromatic N) is 3. The predicted octanol–water partition coefficient (Wildman–Crippen LogP) is 4.44. The van der Waals surface area contributed by atoms with E-state index in [1.807, 2.05) is 38.1 Å². The number of carbonyl (C=O) groups excluding carboxylic acids is 1. The third kappa shape index (κ3) is 4.06. The zero-order valence-electron chi connectivity index (χ0n) is 15.2. The molecule has 0 bridgehead atoms. The second kappa shape index (κ2) is 7.82. The maximum absolute atomic E-state index is 12.6. The van der Waals surface area contributed by atoms with E-state index in [0.29, 0.717) is 24.0 Å². The van der Waals surface area contributed by atoms with Crippen molar-refractivity contribution < 1.29 is 9.53 Å². The second-order valence-electron chi connectivity index (χ2n) is 6.38. The molecular formula is C19H20N4O2S2. The molecule has 1 saturated carbocycles. The number of rotatable bonds is 7. The number of esters is 1. The summed E-state index contributed by atoms with van der Waals surface area (Å²) in [5.41, 5.74) is 3.07. The average molecular weight is 401 g/mol. The van der Waals surface area contributed by atoms with Gasteiger partial charge in [-0.3, -0.25) is 4.98 Å². The van der Waals surface area contributed by atoms with E-state index >= 15 is 0 Å². The summed E-state index contributed by atoms with van der Waals surface area (Å²) >= 11 is 3.08. The monoisotopic (exact) mass is 400 g/mol. The molecule has 0 spiro atoms. The first-order valence-electron chi connectivity index (χ1n) is 8.94. The van der Waals surface area contributed by atoms with E-state index in [1.165, 1.54) is 24.2 Å². The van der Waals surface area contributed by atoms with Crippen molar-refractivity contribution in [2.45, 2.75) is 42.8 Å². The molecule has 6 nitrogen and oxygen atoms in total. The first-order valence-corrected chi connectivity index (χ1v) is 10.7. The van der Waals surface area contributed by atoms with Crippen LogP contribution in [0.4, 0.5) is 5.13 Å². The van der Waals surface area contributed by atoms with Crippen LogP contribution in [0.15, 0.2) is 28.6 Å². The van der Waals surface area contributed by atoms with Crippen LogP contribution in [0.3, 0.4) is 0 Å². The summed E-state index contributed by atoms with van der Waals surface area (Å²) < 4.78 is 6.14. The predicted molar refractivity (Wildman–Crippen MR) is 109 cm³/mol. The molecular weight excluding hydrogens is 380 g/mol. The molecule has 0 unspecified atom stereocenters. The molecule has 1 fully saturated rings. The van der Waals surface area contributed by atoms with Gasteiger partial charge in [-0.15, -0.1) is 10.2 Å². The Bertz CT molecular complexity index is 985. The number of anilines is 1. The van der Waals surface area contributed by atoms with Gasteiger partial charge in [0.25, 0.3) is 0 Å². The molecule has 2 heterocycles. The lowest BCUT2D eigenvalue weighted by Crippen LogP contribution is -2.12. The van der Waals surface area contributed by atoms with E-state index in [-0.39, 0.29) is 5.97 Å². The zero-order chi connectivity index (χ0) is 18.8. The molecule has 27 heavy (non-hydrogen) atoms. The molecule has 0 atom stereocenters. The molecule has 1 N–H and O–H groups in total. The van der Waals surface area contributed by atoms with Crippen molar-refractivity contribution in [1.29, 1.82) is 0 Å². The Morgan fingerprint density at radius 2 is 2.15 bits per heavy atom. The number of fused-ring (bicyclic) bond motifs is 1. The normalized spacial score (nSPS) is 13.7. The Hall–Kier alpha value is -2.19. The highest BCUT2D eigenvalue weighted by Gasteiger charge is 2.23.